The lowest BCUT2D eigenvalue weighted by molar-refractivity contribution is 0.0520. The van der Waals surface area contributed by atoms with Crippen LogP contribution in [0, 0.1) is 0 Å². The van der Waals surface area contributed by atoms with Gasteiger partial charge in [-0.2, -0.15) is 0 Å². The first-order valence-corrected chi connectivity index (χ1v) is 8.04. The highest BCUT2D eigenvalue weighted by atomic mass is 16.5. The molecule has 0 N–H and O–H groups in total. The summed E-state index contributed by atoms with van der Waals surface area (Å²) in [5.74, 6) is -0.420. The van der Waals surface area contributed by atoms with Crippen molar-refractivity contribution in [2.24, 2.45) is 0 Å². The molecule has 2 heterocycles. The van der Waals surface area contributed by atoms with E-state index < -0.39 is 5.97 Å². The summed E-state index contributed by atoms with van der Waals surface area (Å²) in [6, 6.07) is 13.6. The van der Waals surface area contributed by atoms with E-state index in [4.69, 9.17) is 9.47 Å². The van der Waals surface area contributed by atoms with Crippen LogP contribution in [0.15, 0.2) is 61.2 Å². The molecule has 0 unspecified atom stereocenters. The monoisotopic (exact) mass is 337 g/mol. The molecule has 0 spiro atoms. The van der Waals surface area contributed by atoms with Crippen molar-refractivity contribution in [3.63, 3.8) is 0 Å². The van der Waals surface area contributed by atoms with Crippen LogP contribution in [-0.2, 0) is 22.7 Å². The van der Waals surface area contributed by atoms with Gasteiger partial charge in [-0.1, -0.05) is 18.2 Å². The van der Waals surface area contributed by atoms with E-state index in [-0.39, 0.29) is 0 Å². The van der Waals surface area contributed by atoms with Crippen molar-refractivity contribution in [1.29, 1.82) is 0 Å². The molecule has 0 aliphatic rings. The summed E-state index contributed by atoms with van der Waals surface area (Å²) in [4.78, 5) is 20.0. The Morgan fingerprint density at radius 2 is 2.04 bits per heavy atom. The second kappa shape index (κ2) is 8.21. The number of benzene rings is 1. The minimum absolute atomic E-state index is 0.290. The number of rotatable bonds is 7. The molecule has 1 aromatic carbocycles. The molecule has 0 saturated heterocycles. The predicted molar refractivity (Wildman–Crippen MR) is 92.3 cm³/mol. The first-order chi connectivity index (χ1) is 12.3. The fourth-order valence-corrected chi connectivity index (χ4v) is 2.34. The highest BCUT2D eigenvalue weighted by Gasteiger charge is 2.10. The zero-order valence-corrected chi connectivity index (χ0v) is 14.0. The number of aromatic nitrogens is 3. The maximum Gasteiger partial charge on any atom is 0.358 e. The highest BCUT2D eigenvalue weighted by molar-refractivity contribution is 5.87. The Morgan fingerprint density at radius 3 is 2.84 bits per heavy atom. The molecule has 2 aromatic heterocycles. The second-order valence-corrected chi connectivity index (χ2v) is 5.37. The number of ether oxygens (including phenoxy) is 2. The normalized spacial score (nSPS) is 10.6. The number of imidazole rings is 1. The van der Waals surface area contributed by atoms with Gasteiger partial charge in [0.25, 0.3) is 0 Å². The summed E-state index contributed by atoms with van der Waals surface area (Å²) in [5, 5.41) is 0. The van der Waals surface area contributed by atoms with Crippen molar-refractivity contribution >= 4 is 5.97 Å². The number of hydrogen-bond donors (Lipinski definition) is 0. The zero-order chi connectivity index (χ0) is 17.5. The predicted octanol–water partition coefficient (Wildman–Crippen LogP) is 3.16. The molecule has 3 rings (SSSR count). The van der Waals surface area contributed by atoms with E-state index in [2.05, 4.69) is 9.97 Å². The molecular weight excluding hydrogens is 318 g/mol. The third kappa shape index (κ3) is 4.51. The van der Waals surface area contributed by atoms with Gasteiger partial charge in [-0.25, -0.2) is 9.78 Å². The molecule has 0 radical (unpaired) electrons. The van der Waals surface area contributed by atoms with Crippen molar-refractivity contribution in [3.05, 3.63) is 78.1 Å². The molecule has 25 heavy (non-hydrogen) atoms. The summed E-state index contributed by atoms with van der Waals surface area (Å²) in [7, 11) is 0. The standard InChI is InChI=1S/C19H19N3O3/c1-2-25-19(23)18-11-22(14-21-18)17-8-5-6-15(10-17)12-24-13-16-7-3-4-9-20-16/h3-11,14H,2,12-13H2,1H3. The Kier molecular flexibility index (Phi) is 5.53. The Bertz CT molecular complexity index is 831. The van der Waals surface area contributed by atoms with Crippen molar-refractivity contribution < 1.29 is 14.3 Å². The maximum atomic E-state index is 11.7. The molecule has 0 atom stereocenters. The molecule has 6 heteroatoms. The molecule has 0 bridgehead atoms. The third-order valence-electron chi connectivity index (χ3n) is 3.52. The molecule has 0 aliphatic carbocycles. The van der Waals surface area contributed by atoms with E-state index in [0.717, 1.165) is 16.9 Å². The van der Waals surface area contributed by atoms with E-state index >= 15 is 0 Å². The van der Waals surface area contributed by atoms with Gasteiger partial charge in [0.2, 0.25) is 0 Å². The lowest BCUT2D eigenvalue weighted by Gasteiger charge is -2.07. The average molecular weight is 337 g/mol. The Labute approximate surface area is 146 Å². The fraction of sp³-hybridized carbons (Fsp3) is 0.211. The fourth-order valence-electron chi connectivity index (χ4n) is 2.34. The van der Waals surface area contributed by atoms with Crippen molar-refractivity contribution in [2.75, 3.05) is 6.61 Å². The van der Waals surface area contributed by atoms with Crippen LogP contribution >= 0.6 is 0 Å². The van der Waals surface area contributed by atoms with Crippen LogP contribution in [0.1, 0.15) is 28.7 Å². The number of esters is 1. The first-order valence-electron chi connectivity index (χ1n) is 8.04. The molecule has 0 saturated carbocycles. The summed E-state index contributed by atoms with van der Waals surface area (Å²) >= 11 is 0. The number of carbonyl (C=O) groups is 1. The summed E-state index contributed by atoms with van der Waals surface area (Å²) in [5.41, 5.74) is 3.12. The van der Waals surface area contributed by atoms with Crippen molar-refractivity contribution in [2.45, 2.75) is 20.1 Å². The van der Waals surface area contributed by atoms with E-state index in [1.54, 1.807) is 30.2 Å². The van der Waals surface area contributed by atoms with Crippen molar-refractivity contribution in [3.8, 4) is 5.69 Å². The maximum absolute atomic E-state index is 11.7. The molecule has 0 fully saturated rings. The lowest BCUT2D eigenvalue weighted by Crippen LogP contribution is -2.04. The van der Waals surface area contributed by atoms with Crippen LogP contribution in [0.3, 0.4) is 0 Å². The number of carbonyl (C=O) groups excluding carboxylic acids is 1. The minimum atomic E-state index is -0.420. The van der Waals surface area contributed by atoms with Gasteiger partial charge in [-0.05, 0) is 36.8 Å². The summed E-state index contributed by atoms with van der Waals surface area (Å²) < 4.78 is 12.5. The van der Waals surface area contributed by atoms with Crippen LogP contribution in [-0.4, -0.2) is 27.1 Å². The molecule has 6 nitrogen and oxygen atoms in total. The van der Waals surface area contributed by atoms with Gasteiger partial charge in [0.05, 0.1) is 25.5 Å². The highest BCUT2D eigenvalue weighted by Crippen LogP contribution is 2.13. The van der Waals surface area contributed by atoms with E-state index in [1.807, 2.05) is 42.5 Å². The van der Waals surface area contributed by atoms with E-state index in [9.17, 15) is 4.79 Å². The van der Waals surface area contributed by atoms with Crippen LogP contribution in [0.2, 0.25) is 0 Å². The Hall–Kier alpha value is -2.99. The van der Waals surface area contributed by atoms with Crippen LogP contribution in [0.25, 0.3) is 5.69 Å². The molecular formula is C19H19N3O3. The molecule has 0 amide bonds. The average Bonchev–Trinajstić information content (AvgIpc) is 3.13. The van der Waals surface area contributed by atoms with Gasteiger partial charge in [0.15, 0.2) is 5.69 Å². The second-order valence-electron chi connectivity index (χ2n) is 5.37. The summed E-state index contributed by atoms with van der Waals surface area (Å²) in [6.45, 7) is 3.03. The van der Waals surface area contributed by atoms with E-state index in [0.29, 0.717) is 25.5 Å². The summed E-state index contributed by atoms with van der Waals surface area (Å²) in [6.07, 6.45) is 5.01. The van der Waals surface area contributed by atoms with Gasteiger partial charge >= 0.3 is 5.97 Å². The van der Waals surface area contributed by atoms with Gasteiger partial charge in [0.1, 0.15) is 6.33 Å². The smallest absolute Gasteiger partial charge is 0.358 e. The van der Waals surface area contributed by atoms with Crippen LogP contribution in [0.5, 0.6) is 0 Å². The SMILES string of the molecule is CCOC(=O)c1cn(-c2cccc(COCc3ccccn3)c2)cn1. The largest absolute Gasteiger partial charge is 0.461 e. The van der Waals surface area contributed by atoms with Crippen LogP contribution in [0.4, 0.5) is 0 Å². The van der Waals surface area contributed by atoms with Gasteiger partial charge in [-0.15, -0.1) is 0 Å². The van der Waals surface area contributed by atoms with Crippen LogP contribution < -0.4 is 0 Å². The Morgan fingerprint density at radius 1 is 1.12 bits per heavy atom. The lowest BCUT2D eigenvalue weighted by atomic mass is 10.2. The topological polar surface area (TPSA) is 66.2 Å². The molecule has 3 aromatic rings. The minimum Gasteiger partial charge on any atom is -0.461 e. The van der Waals surface area contributed by atoms with Crippen molar-refractivity contribution in [1.82, 2.24) is 14.5 Å². The van der Waals surface area contributed by atoms with Gasteiger partial charge in [0, 0.05) is 18.1 Å². The quantitative estimate of drug-likeness (QED) is 0.620. The Balaban J connectivity index is 1.64. The number of nitrogens with zero attached hydrogens (tertiary/aromatic N) is 3. The molecule has 0 aliphatic heterocycles. The van der Waals surface area contributed by atoms with E-state index in [1.165, 1.54) is 0 Å². The van der Waals surface area contributed by atoms with Gasteiger partial charge in [-0.3, -0.25) is 4.98 Å². The number of pyridine rings is 1. The third-order valence-corrected chi connectivity index (χ3v) is 3.52. The zero-order valence-electron chi connectivity index (χ0n) is 14.0. The first kappa shape index (κ1) is 16.9. The van der Waals surface area contributed by atoms with Gasteiger partial charge < -0.3 is 14.0 Å². The number of hydrogen-bond acceptors (Lipinski definition) is 5. The molecule has 128 valence electrons.